The summed E-state index contributed by atoms with van der Waals surface area (Å²) in [5.74, 6) is 0.989. The lowest BCUT2D eigenvalue weighted by atomic mass is 10.2. The third-order valence-electron chi connectivity index (χ3n) is 3.95. The molecule has 4 aromatic rings. The Kier molecular flexibility index (Phi) is 4.67. The first-order valence-corrected chi connectivity index (χ1v) is 8.60. The number of amides is 1. The normalized spacial score (nSPS) is 10.7. The molecule has 4 rings (SSSR count). The van der Waals surface area contributed by atoms with Gasteiger partial charge in [0.1, 0.15) is 5.82 Å². The Bertz CT molecular complexity index is 1040. The van der Waals surface area contributed by atoms with Gasteiger partial charge in [-0.15, -0.1) is 0 Å². The molecule has 134 valence electrons. The first-order valence-electron chi connectivity index (χ1n) is 8.23. The van der Waals surface area contributed by atoms with Crippen molar-refractivity contribution in [3.05, 3.63) is 89.5 Å². The fourth-order valence-electron chi connectivity index (χ4n) is 2.58. The lowest BCUT2D eigenvalue weighted by Gasteiger charge is -2.09. The summed E-state index contributed by atoms with van der Waals surface area (Å²) >= 11 is 5.91. The maximum absolute atomic E-state index is 12.5. The molecule has 0 aliphatic rings. The van der Waals surface area contributed by atoms with Gasteiger partial charge in [-0.3, -0.25) is 4.79 Å². The lowest BCUT2D eigenvalue weighted by molar-refractivity contribution is 0.102. The van der Waals surface area contributed by atoms with Crippen molar-refractivity contribution in [2.45, 2.75) is 6.54 Å². The molecule has 8 heteroatoms. The quantitative estimate of drug-likeness (QED) is 0.577. The van der Waals surface area contributed by atoms with E-state index < -0.39 is 0 Å². The van der Waals surface area contributed by atoms with E-state index in [9.17, 15) is 4.79 Å². The molecule has 3 aromatic heterocycles. The van der Waals surface area contributed by atoms with E-state index in [4.69, 9.17) is 11.6 Å². The van der Waals surface area contributed by atoms with Crippen molar-refractivity contribution < 1.29 is 4.79 Å². The second-order valence-corrected chi connectivity index (χ2v) is 6.25. The Morgan fingerprint density at radius 2 is 1.89 bits per heavy atom. The molecule has 0 bridgehead atoms. The molecule has 1 amide bonds. The van der Waals surface area contributed by atoms with E-state index >= 15 is 0 Å². The first kappa shape index (κ1) is 17.0. The Labute approximate surface area is 160 Å². The second-order valence-electron chi connectivity index (χ2n) is 5.81. The number of anilines is 1. The summed E-state index contributed by atoms with van der Waals surface area (Å²) in [5, 5.41) is 11.9. The van der Waals surface area contributed by atoms with Gasteiger partial charge in [0.05, 0.1) is 18.3 Å². The van der Waals surface area contributed by atoms with Gasteiger partial charge in [-0.05, 0) is 35.9 Å². The van der Waals surface area contributed by atoms with Crippen LogP contribution < -0.4 is 5.32 Å². The summed E-state index contributed by atoms with van der Waals surface area (Å²) in [4.78, 5) is 16.8. The number of hydrogen-bond donors (Lipinski definition) is 1. The van der Waals surface area contributed by atoms with Crippen LogP contribution in [0.1, 0.15) is 15.9 Å². The molecule has 0 aliphatic carbocycles. The number of halogens is 1. The number of carbonyl (C=O) groups is 1. The molecule has 27 heavy (non-hydrogen) atoms. The van der Waals surface area contributed by atoms with Crippen LogP contribution in [0, 0.1) is 0 Å². The number of rotatable bonds is 5. The standard InChI is InChI=1S/C19H15ClN6O/c20-16-5-2-14(3-6-16)13-26-18(8-10-23-26)24-19(27)15-4-7-17(21-12-15)25-11-1-9-22-25/h1-12H,13H2,(H,24,27). The van der Waals surface area contributed by atoms with Crippen LogP contribution in [0.15, 0.2) is 73.3 Å². The van der Waals surface area contributed by atoms with Gasteiger partial charge in [0.25, 0.3) is 5.91 Å². The second kappa shape index (κ2) is 7.43. The van der Waals surface area contributed by atoms with Crippen LogP contribution in [0.5, 0.6) is 0 Å². The molecule has 1 aromatic carbocycles. The summed E-state index contributed by atoms with van der Waals surface area (Å²) in [6.45, 7) is 0.524. The predicted molar refractivity (Wildman–Crippen MR) is 102 cm³/mol. The molecule has 0 radical (unpaired) electrons. The molecule has 1 N–H and O–H groups in total. The molecular formula is C19H15ClN6O. The van der Waals surface area contributed by atoms with Gasteiger partial charge in [0.2, 0.25) is 0 Å². The number of nitrogens with zero attached hydrogens (tertiary/aromatic N) is 5. The SMILES string of the molecule is O=C(Nc1ccnn1Cc1ccc(Cl)cc1)c1ccc(-n2cccn2)nc1. The van der Waals surface area contributed by atoms with Crippen molar-refractivity contribution in [1.82, 2.24) is 24.5 Å². The topological polar surface area (TPSA) is 77.6 Å². The van der Waals surface area contributed by atoms with Gasteiger partial charge in [-0.25, -0.2) is 14.3 Å². The fraction of sp³-hybridized carbons (Fsp3) is 0.0526. The summed E-state index contributed by atoms with van der Waals surface area (Å²) in [6.07, 6.45) is 6.62. The third kappa shape index (κ3) is 3.88. The van der Waals surface area contributed by atoms with Gasteiger partial charge in [-0.1, -0.05) is 23.7 Å². The van der Waals surface area contributed by atoms with Crippen LogP contribution in [-0.2, 0) is 6.54 Å². The van der Waals surface area contributed by atoms with E-state index in [2.05, 4.69) is 20.5 Å². The summed E-state index contributed by atoms with van der Waals surface area (Å²) in [6, 6.07) is 14.5. The highest BCUT2D eigenvalue weighted by Crippen LogP contribution is 2.14. The zero-order chi connectivity index (χ0) is 18.6. The monoisotopic (exact) mass is 378 g/mol. The number of benzene rings is 1. The highest BCUT2D eigenvalue weighted by molar-refractivity contribution is 6.30. The molecule has 0 spiro atoms. The summed E-state index contributed by atoms with van der Waals surface area (Å²) in [5.41, 5.74) is 1.48. The van der Waals surface area contributed by atoms with Crippen LogP contribution in [0.4, 0.5) is 5.82 Å². The zero-order valence-corrected chi connectivity index (χ0v) is 14.9. The minimum absolute atomic E-state index is 0.257. The van der Waals surface area contributed by atoms with Crippen LogP contribution in [0.3, 0.4) is 0 Å². The first-order chi connectivity index (χ1) is 13.2. The number of aromatic nitrogens is 5. The number of carbonyl (C=O) groups excluding carboxylic acids is 1. The van der Waals surface area contributed by atoms with E-state index in [1.165, 1.54) is 6.20 Å². The predicted octanol–water partition coefficient (Wildman–Crippen LogP) is 3.42. The molecule has 0 saturated carbocycles. The maximum Gasteiger partial charge on any atom is 0.258 e. The highest BCUT2D eigenvalue weighted by Gasteiger charge is 2.11. The van der Waals surface area contributed by atoms with Crippen molar-refractivity contribution in [2.75, 3.05) is 5.32 Å². The van der Waals surface area contributed by atoms with Gasteiger partial charge in [-0.2, -0.15) is 10.2 Å². The van der Waals surface area contributed by atoms with E-state index in [1.807, 2.05) is 30.3 Å². The van der Waals surface area contributed by atoms with Crippen LogP contribution in [-0.4, -0.2) is 30.5 Å². The van der Waals surface area contributed by atoms with Crippen LogP contribution in [0.25, 0.3) is 5.82 Å². The molecular weight excluding hydrogens is 364 g/mol. The molecule has 0 fully saturated rings. The third-order valence-corrected chi connectivity index (χ3v) is 4.20. The fourth-order valence-corrected chi connectivity index (χ4v) is 2.70. The molecule has 0 saturated heterocycles. The zero-order valence-electron chi connectivity index (χ0n) is 14.2. The van der Waals surface area contributed by atoms with Gasteiger partial charge >= 0.3 is 0 Å². The van der Waals surface area contributed by atoms with Crippen LogP contribution in [0.2, 0.25) is 5.02 Å². The van der Waals surface area contributed by atoms with Gasteiger partial charge in [0.15, 0.2) is 5.82 Å². The Morgan fingerprint density at radius 3 is 2.59 bits per heavy atom. The van der Waals surface area contributed by atoms with Crippen molar-refractivity contribution >= 4 is 23.3 Å². The van der Waals surface area contributed by atoms with E-state index in [0.29, 0.717) is 28.8 Å². The van der Waals surface area contributed by atoms with Gasteiger partial charge in [0, 0.05) is 29.7 Å². The number of nitrogens with one attached hydrogen (secondary N) is 1. The number of hydrogen-bond acceptors (Lipinski definition) is 4. The molecule has 7 nitrogen and oxygen atoms in total. The Hall–Kier alpha value is -3.45. The number of pyridine rings is 1. The van der Waals surface area contributed by atoms with Crippen LogP contribution >= 0.6 is 11.6 Å². The summed E-state index contributed by atoms with van der Waals surface area (Å²) < 4.78 is 3.34. The Morgan fingerprint density at radius 1 is 1.04 bits per heavy atom. The highest BCUT2D eigenvalue weighted by atomic mass is 35.5. The lowest BCUT2D eigenvalue weighted by Crippen LogP contribution is -2.16. The van der Waals surface area contributed by atoms with Crippen molar-refractivity contribution in [3.63, 3.8) is 0 Å². The Balaban J connectivity index is 1.47. The average molecular weight is 379 g/mol. The van der Waals surface area contributed by atoms with Crippen molar-refractivity contribution in [2.24, 2.45) is 0 Å². The molecule has 0 aliphatic heterocycles. The van der Waals surface area contributed by atoms with Crippen molar-refractivity contribution in [3.8, 4) is 5.82 Å². The largest absolute Gasteiger partial charge is 0.307 e. The summed E-state index contributed by atoms with van der Waals surface area (Å²) in [7, 11) is 0. The van der Waals surface area contributed by atoms with Crippen molar-refractivity contribution in [1.29, 1.82) is 0 Å². The average Bonchev–Trinajstić information content (AvgIpc) is 3.36. The minimum Gasteiger partial charge on any atom is -0.307 e. The molecule has 3 heterocycles. The van der Waals surface area contributed by atoms with E-state index in [1.54, 1.807) is 46.2 Å². The minimum atomic E-state index is -0.257. The van der Waals surface area contributed by atoms with Gasteiger partial charge < -0.3 is 5.32 Å². The molecule has 0 unspecified atom stereocenters. The van der Waals surface area contributed by atoms with E-state index in [0.717, 1.165) is 5.56 Å². The van der Waals surface area contributed by atoms with E-state index in [-0.39, 0.29) is 5.91 Å². The smallest absolute Gasteiger partial charge is 0.258 e. The maximum atomic E-state index is 12.5. The molecule has 0 atom stereocenters.